The highest BCUT2D eigenvalue weighted by atomic mass is 19.1. The average molecular weight is 318 g/mol. The van der Waals surface area contributed by atoms with Gasteiger partial charge in [-0.05, 0) is 12.1 Å². The summed E-state index contributed by atoms with van der Waals surface area (Å²) in [5.41, 5.74) is 1.26. The molecule has 0 amide bonds. The lowest BCUT2D eigenvalue weighted by molar-refractivity contribution is 0.319. The van der Waals surface area contributed by atoms with E-state index in [2.05, 4.69) is 9.97 Å². The molecule has 0 N–H and O–H groups in total. The Morgan fingerprint density at radius 2 is 1.61 bits per heavy atom. The molecule has 0 saturated carbocycles. The summed E-state index contributed by atoms with van der Waals surface area (Å²) in [6, 6.07) is 8.25. The van der Waals surface area contributed by atoms with Gasteiger partial charge in [0.25, 0.3) is 0 Å². The minimum atomic E-state index is -0.985. The van der Waals surface area contributed by atoms with Crippen LogP contribution in [0.2, 0.25) is 0 Å². The highest BCUT2D eigenvalue weighted by Crippen LogP contribution is 2.38. The monoisotopic (exact) mass is 318 g/mol. The highest BCUT2D eigenvalue weighted by molar-refractivity contribution is 5.74. The number of methoxy groups -OCH3 is 2. The van der Waals surface area contributed by atoms with Crippen LogP contribution in [0.1, 0.15) is 0 Å². The van der Waals surface area contributed by atoms with Gasteiger partial charge in [-0.2, -0.15) is 8.78 Å². The molecule has 0 aliphatic carbocycles. The van der Waals surface area contributed by atoms with Gasteiger partial charge in [0, 0.05) is 6.07 Å². The fourth-order valence-electron chi connectivity index (χ4n) is 2.07. The summed E-state index contributed by atoms with van der Waals surface area (Å²) in [6.07, 6.45) is 1.35. The van der Waals surface area contributed by atoms with Crippen molar-refractivity contribution in [3.8, 4) is 23.1 Å². The Morgan fingerprint density at radius 1 is 0.913 bits per heavy atom. The molecule has 0 saturated heterocycles. The van der Waals surface area contributed by atoms with E-state index < -0.39 is 17.4 Å². The van der Waals surface area contributed by atoms with Crippen molar-refractivity contribution in [2.45, 2.75) is 0 Å². The summed E-state index contributed by atoms with van der Waals surface area (Å²) in [6.45, 7) is 0. The average Bonchev–Trinajstić information content (AvgIpc) is 2.58. The van der Waals surface area contributed by atoms with Crippen LogP contribution in [0.3, 0.4) is 0 Å². The first kappa shape index (κ1) is 15.0. The number of nitrogens with zero attached hydrogens (tertiary/aromatic N) is 2. The number of hydrogen-bond acceptors (Lipinski definition) is 5. The molecule has 0 fully saturated rings. The zero-order chi connectivity index (χ0) is 16.4. The van der Waals surface area contributed by atoms with E-state index in [-0.39, 0.29) is 17.4 Å². The standard InChI is InChI=1S/C16H12F2N2O3/c1-21-11-7-12(15(18)16(22-2)14(11)17)23-13-8-19-9-5-3-4-6-10(9)20-13/h3-8H,1-2H3. The van der Waals surface area contributed by atoms with E-state index in [0.29, 0.717) is 11.0 Å². The van der Waals surface area contributed by atoms with Gasteiger partial charge in [-0.15, -0.1) is 0 Å². The minimum Gasteiger partial charge on any atom is -0.493 e. The number of rotatable bonds is 4. The van der Waals surface area contributed by atoms with Gasteiger partial charge >= 0.3 is 0 Å². The van der Waals surface area contributed by atoms with Crippen molar-refractivity contribution in [2.75, 3.05) is 14.2 Å². The number of para-hydroxylation sites is 2. The van der Waals surface area contributed by atoms with Crippen molar-refractivity contribution < 1.29 is 23.0 Å². The van der Waals surface area contributed by atoms with Crippen LogP contribution in [0.5, 0.6) is 23.1 Å². The fraction of sp³-hybridized carbons (Fsp3) is 0.125. The summed E-state index contributed by atoms with van der Waals surface area (Å²) < 4.78 is 43.1. The zero-order valence-electron chi connectivity index (χ0n) is 12.3. The van der Waals surface area contributed by atoms with Crippen LogP contribution in [-0.4, -0.2) is 24.2 Å². The molecule has 0 aliphatic rings. The van der Waals surface area contributed by atoms with Crippen LogP contribution in [-0.2, 0) is 0 Å². The van der Waals surface area contributed by atoms with Gasteiger partial charge in [0.15, 0.2) is 17.2 Å². The normalized spacial score (nSPS) is 10.6. The van der Waals surface area contributed by atoms with E-state index in [4.69, 9.17) is 14.2 Å². The van der Waals surface area contributed by atoms with Crippen molar-refractivity contribution in [1.29, 1.82) is 0 Å². The van der Waals surface area contributed by atoms with E-state index in [9.17, 15) is 8.78 Å². The SMILES string of the molecule is COc1cc(Oc2cnc3ccccc3n2)c(F)c(OC)c1F. The molecule has 118 valence electrons. The molecule has 3 rings (SSSR count). The minimum absolute atomic E-state index is 0.0679. The number of benzene rings is 2. The van der Waals surface area contributed by atoms with Crippen molar-refractivity contribution in [2.24, 2.45) is 0 Å². The van der Waals surface area contributed by atoms with E-state index in [1.165, 1.54) is 13.3 Å². The van der Waals surface area contributed by atoms with Crippen LogP contribution in [0.15, 0.2) is 36.5 Å². The Labute approximate surface area is 130 Å². The quantitative estimate of drug-likeness (QED) is 0.734. The Morgan fingerprint density at radius 3 is 2.30 bits per heavy atom. The first-order valence-corrected chi connectivity index (χ1v) is 6.63. The van der Waals surface area contributed by atoms with Crippen molar-refractivity contribution in [1.82, 2.24) is 9.97 Å². The molecule has 23 heavy (non-hydrogen) atoms. The van der Waals surface area contributed by atoms with Crippen LogP contribution in [0, 0.1) is 11.6 Å². The smallest absolute Gasteiger partial charge is 0.238 e. The van der Waals surface area contributed by atoms with E-state index in [0.717, 1.165) is 13.2 Å². The van der Waals surface area contributed by atoms with Gasteiger partial charge in [0.05, 0.1) is 31.4 Å². The third-order valence-corrected chi connectivity index (χ3v) is 3.16. The first-order chi connectivity index (χ1) is 11.1. The maximum atomic E-state index is 14.3. The predicted molar refractivity (Wildman–Crippen MR) is 79.1 cm³/mol. The number of ether oxygens (including phenoxy) is 3. The molecule has 0 spiro atoms. The Kier molecular flexibility index (Phi) is 3.92. The topological polar surface area (TPSA) is 53.5 Å². The van der Waals surface area contributed by atoms with Crippen LogP contribution < -0.4 is 14.2 Å². The van der Waals surface area contributed by atoms with Gasteiger partial charge in [-0.3, -0.25) is 0 Å². The van der Waals surface area contributed by atoms with E-state index in [1.54, 1.807) is 18.2 Å². The molecular formula is C16H12F2N2O3. The molecule has 1 aromatic heterocycles. The Hall–Kier alpha value is -2.96. The summed E-state index contributed by atoms with van der Waals surface area (Å²) in [5.74, 6) is -2.92. The second-order valence-electron chi connectivity index (χ2n) is 4.54. The number of fused-ring (bicyclic) bond motifs is 1. The van der Waals surface area contributed by atoms with Crippen molar-refractivity contribution in [3.05, 3.63) is 48.2 Å². The molecule has 5 nitrogen and oxygen atoms in total. The zero-order valence-corrected chi connectivity index (χ0v) is 12.3. The molecule has 2 aromatic carbocycles. The second kappa shape index (κ2) is 6.04. The largest absolute Gasteiger partial charge is 0.493 e. The van der Waals surface area contributed by atoms with Gasteiger partial charge in [0.2, 0.25) is 17.5 Å². The Balaban J connectivity index is 2.04. The summed E-state index contributed by atoms with van der Waals surface area (Å²) in [4.78, 5) is 8.38. The van der Waals surface area contributed by atoms with Gasteiger partial charge in [0.1, 0.15) is 0 Å². The second-order valence-corrected chi connectivity index (χ2v) is 4.54. The number of hydrogen-bond donors (Lipinski definition) is 0. The predicted octanol–water partition coefficient (Wildman–Crippen LogP) is 3.72. The number of halogens is 2. The van der Waals surface area contributed by atoms with Crippen molar-refractivity contribution in [3.63, 3.8) is 0 Å². The highest BCUT2D eigenvalue weighted by Gasteiger charge is 2.22. The van der Waals surface area contributed by atoms with Crippen LogP contribution in [0.4, 0.5) is 8.78 Å². The molecule has 3 aromatic rings. The van der Waals surface area contributed by atoms with Gasteiger partial charge < -0.3 is 14.2 Å². The molecule has 0 radical (unpaired) electrons. The molecule has 0 unspecified atom stereocenters. The molecule has 1 heterocycles. The molecule has 0 aliphatic heterocycles. The van der Waals surface area contributed by atoms with Crippen molar-refractivity contribution >= 4 is 11.0 Å². The fourth-order valence-corrected chi connectivity index (χ4v) is 2.07. The lowest BCUT2D eigenvalue weighted by Gasteiger charge is -2.12. The Bertz CT molecular complexity index is 871. The molecular weight excluding hydrogens is 306 g/mol. The van der Waals surface area contributed by atoms with E-state index in [1.807, 2.05) is 6.07 Å². The summed E-state index contributed by atoms with van der Waals surface area (Å²) in [7, 11) is 2.41. The van der Waals surface area contributed by atoms with Crippen LogP contribution in [0.25, 0.3) is 11.0 Å². The lowest BCUT2D eigenvalue weighted by atomic mass is 10.2. The molecule has 0 bridgehead atoms. The third kappa shape index (κ3) is 2.73. The number of aromatic nitrogens is 2. The van der Waals surface area contributed by atoms with Gasteiger partial charge in [-0.1, -0.05) is 12.1 Å². The summed E-state index contributed by atoms with van der Waals surface area (Å²) in [5, 5.41) is 0. The van der Waals surface area contributed by atoms with Gasteiger partial charge in [-0.25, -0.2) is 9.97 Å². The first-order valence-electron chi connectivity index (χ1n) is 6.63. The lowest BCUT2D eigenvalue weighted by Crippen LogP contribution is -2.00. The third-order valence-electron chi connectivity index (χ3n) is 3.16. The summed E-state index contributed by atoms with van der Waals surface area (Å²) >= 11 is 0. The maximum absolute atomic E-state index is 14.3. The molecule has 7 heteroatoms. The van der Waals surface area contributed by atoms with E-state index >= 15 is 0 Å². The molecule has 0 atom stereocenters. The van der Waals surface area contributed by atoms with Crippen LogP contribution >= 0.6 is 0 Å². The maximum Gasteiger partial charge on any atom is 0.238 e.